The maximum Gasteiger partial charge on any atom is 0.246 e. The maximum atomic E-state index is 11.9. The molecule has 1 aromatic heterocycles. The molecule has 0 spiro atoms. The molecule has 3 rings (SSSR count). The first kappa shape index (κ1) is 13.6. The number of aromatic amines is 1. The van der Waals surface area contributed by atoms with Gasteiger partial charge in [0.2, 0.25) is 5.91 Å². The van der Waals surface area contributed by atoms with Gasteiger partial charge in [0.1, 0.15) is 5.82 Å². The van der Waals surface area contributed by atoms with Crippen LogP contribution in [0.3, 0.4) is 0 Å². The zero-order valence-electron chi connectivity index (χ0n) is 12.2. The fraction of sp³-hybridized carbons (Fsp3) is 0.294. The summed E-state index contributed by atoms with van der Waals surface area (Å²) in [6, 6.07) is 10.1. The second-order valence-electron chi connectivity index (χ2n) is 5.36. The van der Waals surface area contributed by atoms with Crippen molar-refractivity contribution in [3.05, 3.63) is 54.5 Å². The van der Waals surface area contributed by atoms with Crippen molar-refractivity contribution in [3.63, 3.8) is 0 Å². The highest BCUT2D eigenvalue weighted by Gasteiger charge is 2.31. The van der Waals surface area contributed by atoms with Gasteiger partial charge in [0.05, 0.1) is 11.7 Å². The minimum Gasteiger partial charge on any atom is -0.344 e. The van der Waals surface area contributed by atoms with Crippen molar-refractivity contribution in [2.75, 3.05) is 6.54 Å². The molecule has 2 heterocycles. The zero-order chi connectivity index (χ0) is 14.8. The third-order valence-corrected chi connectivity index (χ3v) is 3.98. The molecule has 0 unspecified atom stereocenters. The number of benzene rings is 1. The normalized spacial score (nSPS) is 18.0. The topological polar surface area (TPSA) is 49.0 Å². The van der Waals surface area contributed by atoms with Crippen LogP contribution in [-0.2, 0) is 4.79 Å². The summed E-state index contributed by atoms with van der Waals surface area (Å²) in [6.07, 6.45) is 3.33. The third-order valence-electron chi connectivity index (χ3n) is 3.98. The molecule has 108 valence electrons. The lowest BCUT2D eigenvalue weighted by molar-refractivity contribution is -0.127. The first-order valence-corrected chi connectivity index (χ1v) is 7.25. The fourth-order valence-corrected chi connectivity index (χ4v) is 2.95. The summed E-state index contributed by atoms with van der Waals surface area (Å²) in [4.78, 5) is 21.9. The van der Waals surface area contributed by atoms with Crippen molar-refractivity contribution >= 4 is 5.91 Å². The van der Waals surface area contributed by atoms with E-state index < -0.39 is 0 Å². The van der Waals surface area contributed by atoms with Gasteiger partial charge in [-0.2, -0.15) is 0 Å². The summed E-state index contributed by atoms with van der Waals surface area (Å²) in [5.74, 6) is 0.854. The molecule has 1 aliphatic heterocycles. The number of hydrogen-bond donors (Lipinski definition) is 1. The number of carbonyl (C=O) groups excluding carboxylic acids is 1. The highest BCUT2D eigenvalue weighted by atomic mass is 16.2. The van der Waals surface area contributed by atoms with Gasteiger partial charge in [0, 0.05) is 17.8 Å². The molecule has 2 aromatic rings. The molecule has 0 saturated carbocycles. The summed E-state index contributed by atoms with van der Waals surface area (Å²) in [5, 5.41) is 0. The van der Waals surface area contributed by atoms with E-state index in [1.165, 1.54) is 6.08 Å². The van der Waals surface area contributed by atoms with E-state index in [1.54, 1.807) is 0 Å². The van der Waals surface area contributed by atoms with Crippen molar-refractivity contribution < 1.29 is 4.79 Å². The third kappa shape index (κ3) is 2.49. The minimum atomic E-state index is -0.0205. The molecule has 1 saturated heterocycles. The Labute approximate surface area is 124 Å². The van der Waals surface area contributed by atoms with Gasteiger partial charge in [0.25, 0.3) is 0 Å². The van der Waals surface area contributed by atoms with E-state index in [9.17, 15) is 4.79 Å². The first-order valence-electron chi connectivity index (χ1n) is 7.25. The van der Waals surface area contributed by atoms with Crippen molar-refractivity contribution in [3.8, 4) is 11.3 Å². The van der Waals surface area contributed by atoms with Crippen LogP contribution < -0.4 is 0 Å². The molecule has 1 aliphatic rings. The summed E-state index contributed by atoms with van der Waals surface area (Å²) >= 11 is 0. The van der Waals surface area contributed by atoms with Crippen molar-refractivity contribution in [2.24, 2.45) is 0 Å². The highest BCUT2D eigenvalue weighted by Crippen LogP contribution is 2.32. The number of H-pyrrole nitrogens is 1. The number of amides is 1. The van der Waals surface area contributed by atoms with E-state index in [4.69, 9.17) is 4.98 Å². The molecule has 0 bridgehead atoms. The summed E-state index contributed by atoms with van der Waals surface area (Å²) in [5.41, 5.74) is 3.09. The quantitative estimate of drug-likeness (QED) is 0.878. The number of imidazole rings is 1. The fourth-order valence-electron chi connectivity index (χ4n) is 2.95. The Morgan fingerprint density at radius 2 is 2.19 bits per heavy atom. The van der Waals surface area contributed by atoms with Gasteiger partial charge in [-0.05, 0) is 25.8 Å². The smallest absolute Gasteiger partial charge is 0.246 e. The lowest BCUT2D eigenvalue weighted by Gasteiger charge is -2.21. The van der Waals surface area contributed by atoms with Crippen LogP contribution in [0.5, 0.6) is 0 Å². The number of carbonyl (C=O) groups is 1. The number of aromatic nitrogens is 2. The molecule has 21 heavy (non-hydrogen) atoms. The molecule has 1 amide bonds. The van der Waals surface area contributed by atoms with Crippen LogP contribution in [0.15, 0.2) is 43.0 Å². The van der Waals surface area contributed by atoms with Crippen molar-refractivity contribution in [1.29, 1.82) is 0 Å². The monoisotopic (exact) mass is 281 g/mol. The van der Waals surface area contributed by atoms with E-state index in [2.05, 4.69) is 11.6 Å². The van der Waals surface area contributed by atoms with E-state index >= 15 is 0 Å². The standard InChI is InChI=1S/C17H19N3O/c1-3-15(21)20-11-7-10-14(20)17-18-12(2)16(19-17)13-8-5-4-6-9-13/h3-6,8-9,14H,1,7,10-11H2,2H3,(H,18,19)/t14-/m0/s1. The van der Waals surface area contributed by atoms with Gasteiger partial charge in [-0.1, -0.05) is 36.9 Å². The molecule has 1 aromatic carbocycles. The molecular formula is C17H19N3O. The van der Waals surface area contributed by atoms with Crippen LogP contribution in [0.4, 0.5) is 0 Å². The van der Waals surface area contributed by atoms with Gasteiger partial charge < -0.3 is 9.88 Å². The molecule has 0 aliphatic carbocycles. The molecule has 1 atom stereocenters. The van der Waals surface area contributed by atoms with Crippen LogP contribution in [-0.4, -0.2) is 27.3 Å². The Bertz CT molecular complexity index is 660. The predicted molar refractivity (Wildman–Crippen MR) is 82.6 cm³/mol. The Morgan fingerprint density at radius 1 is 1.43 bits per heavy atom. The Balaban J connectivity index is 1.94. The molecule has 0 radical (unpaired) electrons. The average Bonchev–Trinajstić information content (AvgIpc) is 3.13. The van der Waals surface area contributed by atoms with Crippen LogP contribution in [0.25, 0.3) is 11.3 Å². The zero-order valence-corrected chi connectivity index (χ0v) is 12.2. The SMILES string of the molecule is C=CC(=O)N1CCC[C@H]1c1nc(-c2ccccc2)c(C)[nH]1. The van der Waals surface area contributed by atoms with Crippen LogP contribution in [0.2, 0.25) is 0 Å². The van der Waals surface area contributed by atoms with Gasteiger partial charge in [-0.3, -0.25) is 4.79 Å². The van der Waals surface area contributed by atoms with E-state index in [0.29, 0.717) is 0 Å². The Kier molecular flexibility index (Phi) is 3.60. The molecule has 1 fully saturated rings. The lowest BCUT2D eigenvalue weighted by atomic mass is 10.1. The summed E-state index contributed by atoms with van der Waals surface area (Å²) in [7, 11) is 0. The number of rotatable bonds is 3. The van der Waals surface area contributed by atoms with E-state index in [1.807, 2.05) is 42.2 Å². The Hall–Kier alpha value is -2.36. The molecule has 4 heteroatoms. The minimum absolute atomic E-state index is 0.0205. The first-order chi connectivity index (χ1) is 10.2. The number of likely N-dealkylation sites (tertiary alicyclic amines) is 1. The largest absolute Gasteiger partial charge is 0.344 e. The second kappa shape index (κ2) is 5.56. The predicted octanol–water partition coefficient (Wildman–Crippen LogP) is 3.23. The maximum absolute atomic E-state index is 11.9. The van der Waals surface area contributed by atoms with Gasteiger partial charge in [0.15, 0.2) is 0 Å². The number of nitrogens with zero attached hydrogens (tertiary/aromatic N) is 2. The van der Waals surface area contributed by atoms with E-state index in [0.717, 1.165) is 42.2 Å². The lowest BCUT2D eigenvalue weighted by Crippen LogP contribution is -2.29. The molecule has 4 nitrogen and oxygen atoms in total. The van der Waals surface area contributed by atoms with Crippen LogP contribution in [0.1, 0.15) is 30.4 Å². The number of nitrogens with one attached hydrogen (secondary N) is 1. The van der Waals surface area contributed by atoms with Crippen molar-refractivity contribution in [1.82, 2.24) is 14.9 Å². The second-order valence-corrected chi connectivity index (χ2v) is 5.36. The highest BCUT2D eigenvalue weighted by molar-refractivity contribution is 5.87. The van der Waals surface area contributed by atoms with E-state index in [-0.39, 0.29) is 11.9 Å². The van der Waals surface area contributed by atoms with Gasteiger partial charge >= 0.3 is 0 Å². The van der Waals surface area contributed by atoms with Crippen LogP contribution in [0, 0.1) is 6.92 Å². The number of hydrogen-bond acceptors (Lipinski definition) is 2. The Morgan fingerprint density at radius 3 is 2.90 bits per heavy atom. The van der Waals surface area contributed by atoms with Gasteiger partial charge in [-0.15, -0.1) is 0 Å². The van der Waals surface area contributed by atoms with Crippen LogP contribution >= 0.6 is 0 Å². The number of aryl methyl sites for hydroxylation is 1. The molecule has 1 N–H and O–H groups in total. The summed E-state index contributed by atoms with van der Waals surface area (Å²) < 4.78 is 0. The van der Waals surface area contributed by atoms with Crippen molar-refractivity contribution in [2.45, 2.75) is 25.8 Å². The average molecular weight is 281 g/mol. The summed E-state index contributed by atoms with van der Waals surface area (Å²) in [6.45, 7) is 6.38. The van der Waals surface area contributed by atoms with Gasteiger partial charge in [-0.25, -0.2) is 4.98 Å². The molecular weight excluding hydrogens is 262 g/mol.